The average Bonchev–Trinajstić information content (AvgIpc) is 3.13. The number of anilines is 1. The Bertz CT molecular complexity index is 990. The summed E-state index contributed by atoms with van der Waals surface area (Å²) < 4.78 is 2.23. The summed E-state index contributed by atoms with van der Waals surface area (Å²) in [6, 6.07) is 14.1. The van der Waals surface area contributed by atoms with Gasteiger partial charge in [-0.1, -0.05) is 50.8 Å². The molecule has 1 fully saturated rings. The van der Waals surface area contributed by atoms with Gasteiger partial charge < -0.3 is 9.47 Å². The average molecular weight is 403 g/mol. The quantitative estimate of drug-likeness (QED) is 0.560. The van der Waals surface area contributed by atoms with Crippen LogP contribution in [0.2, 0.25) is 0 Å². The SMILES string of the molecule is C=Cc1ccc(Cn2ccc3cc(N4CC(C)N(CC(C)C)C(C)C4)cnc32)cc1. The number of nitrogens with zero attached hydrogens (tertiary/aromatic N) is 4. The minimum absolute atomic E-state index is 0.551. The van der Waals surface area contributed by atoms with Gasteiger partial charge in [-0.25, -0.2) is 4.98 Å². The van der Waals surface area contributed by atoms with E-state index in [0.717, 1.165) is 30.8 Å². The van der Waals surface area contributed by atoms with Crippen LogP contribution in [0, 0.1) is 5.92 Å². The molecule has 2 aromatic heterocycles. The maximum absolute atomic E-state index is 4.86. The lowest BCUT2D eigenvalue weighted by atomic mass is 10.0. The van der Waals surface area contributed by atoms with E-state index in [0.29, 0.717) is 18.0 Å². The molecule has 0 aliphatic carbocycles. The molecule has 1 aliphatic rings. The third-order valence-corrected chi connectivity index (χ3v) is 6.20. The second kappa shape index (κ2) is 8.65. The van der Waals surface area contributed by atoms with E-state index < -0.39 is 0 Å². The molecule has 4 nitrogen and oxygen atoms in total. The third-order valence-electron chi connectivity index (χ3n) is 6.20. The van der Waals surface area contributed by atoms with Crippen LogP contribution in [0.1, 0.15) is 38.8 Å². The van der Waals surface area contributed by atoms with Gasteiger partial charge in [0.1, 0.15) is 5.65 Å². The fraction of sp³-hybridized carbons (Fsp3) is 0.423. The van der Waals surface area contributed by atoms with E-state index in [2.05, 4.69) is 97.4 Å². The maximum Gasteiger partial charge on any atom is 0.140 e. The molecule has 3 heterocycles. The second-order valence-electron chi connectivity index (χ2n) is 9.19. The monoisotopic (exact) mass is 402 g/mol. The van der Waals surface area contributed by atoms with E-state index in [1.807, 2.05) is 6.08 Å². The number of pyridine rings is 1. The Hall–Kier alpha value is -2.59. The maximum atomic E-state index is 4.86. The molecule has 3 aromatic rings. The van der Waals surface area contributed by atoms with Crippen LogP contribution >= 0.6 is 0 Å². The Morgan fingerprint density at radius 3 is 2.43 bits per heavy atom. The molecular weight excluding hydrogens is 368 g/mol. The van der Waals surface area contributed by atoms with Gasteiger partial charge in [-0.2, -0.15) is 0 Å². The Kier molecular flexibility index (Phi) is 5.96. The Morgan fingerprint density at radius 1 is 1.10 bits per heavy atom. The molecular formula is C26H34N4. The molecule has 0 spiro atoms. The lowest BCUT2D eigenvalue weighted by Gasteiger charge is -2.46. The zero-order chi connectivity index (χ0) is 21.3. The highest BCUT2D eigenvalue weighted by Crippen LogP contribution is 2.26. The predicted octanol–water partition coefficient (Wildman–Crippen LogP) is 5.28. The van der Waals surface area contributed by atoms with Gasteiger partial charge in [0.05, 0.1) is 11.9 Å². The number of benzene rings is 1. The van der Waals surface area contributed by atoms with E-state index in [1.54, 1.807) is 0 Å². The number of aromatic nitrogens is 2. The summed E-state index contributed by atoms with van der Waals surface area (Å²) in [7, 11) is 0. The van der Waals surface area contributed by atoms with Crippen LogP contribution < -0.4 is 4.90 Å². The molecule has 2 unspecified atom stereocenters. The summed E-state index contributed by atoms with van der Waals surface area (Å²) in [5.74, 6) is 0.701. The highest BCUT2D eigenvalue weighted by molar-refractivity contribution is 5.80. The zero-order valence-electron chi connectivity index (χ0n) is 18.8. The van der Waals surface area contributed by atoms with Crippen molar-refractivity contribution in [3.63, 3.8) is 0 Å². The molecule has 158 valence electrons. The Balaban J connectivity index is 1.51. The fourth-order valence-corrected chi connectivity index (χ4v) is 4.67. The number of fused-ring (bicyclic) bond motifs is 1. The number of piperazine rings is 1. The lowest BCUT2D eigenvalue weighted by Crippen LogP contribution is -2.57. The molecule has 0 N–H and O–H groups in total. The molecule has 4 rings (SSSR count). The molecule has 2 atom stereocenters. The largest absolute Gasteiger partial charge is 0.367 e. The molecule has 4 heteroatoms. The van der Waals surface area contributed by atoms with Crippen molar-refractivity contribution in [3.8, 4) is 0 Å². The molecule has 1 saturated heterocycles. The minimum atomic E-state index is 0.551. The van der Waals surface area contributed by atoms with E-state index >= 15 is 0 Å². The smallest absolute Gasteiger partial charge is 0.140 e. The summed E-state index contributed by atoms with van der Waals surface area (Å²) in [5.41, 5.74) is 4.70. The van der Waals surface area contributed by atoms with Crippen molar-refractivity contribution in [2.45, 2.75) is 46.3 Å². The fourth-order valence-electron chi connectivity index (χ4n) is 4.67. The summed E-state index contributed by atoms with van der Waals surface area (Å²) in [5, 5.41) is 1.21. The van der Waals surface area contributed by atoms with Crippen LogP contribution in [0.5, 0.6) is 0 Å². The summed E-state index contributed by atoms with van der Waals surface area (Å²) in [4.78, 5) is 10.0. The van der Waals surface area contributed by atoms with Gasteiger partial charge in [0.2, 0.25) is 0 Å². The van der Waals surface area contributed by atoms with Crippen molar-refractivity contribution in [3.05, 3.63) is 66.5 Å². The molecule has 0 bridgehead atoms. The first-order valence-corrected chi connectivity index (χ1v) is 11.1. The van der Waals surface area contributed by atoms with E-state index in [4.69, 9.17) is 4.98 Å². The van der Waals surface area contributed by atoms with E-state index in [9.17, 15) is 0 Å². The van der Waals surface area contributed by atoms with Gasteiger partial charge in [-0.05, 0) is 43.0 Å². The minimum Gasteiger partial charge on any atom is -0.367 e. The number of hydrogen-bond donors (Lipinski definition) is 0. The zero-order valence-corrected chi connectivity index (χ0v) is 18.8. The van der Waals surface area contributed by atoms with E-state index in [1.165, 1.54) is 23.2 Å². The molecule has 0 saturated carbocycles. The van der Waals surface area contributed by atoms with Crippen molar-refractivity contribution < 1.29 is 0 Å². The van der Waals surface area contributed by atoms with Crippen LogP contribution in [0.15, 0.2) is 55.4 Å². The van der Waals surface area contributed by atoms with Crippen molar-refractivity contribution in [2.75, 3.05) is 24.5 Å². The van der Waals surface area contributed by atoms with Gasteiger partial charge in [-0.15, -0.1) is 0 Å². The molecule has 30 heavy (non-hydrogen) atoms. The molecule has 1 aliphatic heterocycles. The second-order valence-corrected chi connectivity index (χ2v) is 9.19. The Labute approximate surface area is 180 Å². The van der Waals surface area contributed by atoms with Gasteiger partial charge in [0, 0.05) is 49.8 Å². The van der Waals surface area contributed by atoms with Crippen LogP contribution in [0.3, 0.4) is 0 Å². The van der Waals surface area contributed by atoms with Gasteiger partial charge >= 0.3 is 0 Å². The third kappa shape index (κ3) is 4.29. The lowest BCUT2D eigenvalue weighted by molar-refractivity contribution is 0.116. The Morgan fingerprint density at radius 2 is 1.80 bits per heavy atom. The normalized spacial score (nSPS) is 20.2. The van der Waals surface area contributed by atoms with Crippen LogP contribution in [0.4, 0.5) is 5.69 Å². The predicted molar refractivity (Wildman–Crippen MR) is 128 cm³/mol. The number of hydrogen-bond acceptors (Lipinski definition) is 3. The summed E-state index contributed by atoms with van der Waals surface area (Å²) in [6.45, 7) is 17.3. The first kappa shape index (κ1) is 20.7. The molecule has 0 amide bonds. The highest BCUT2D eigenvalue weighted by atomic mass is 15.3. The van der Waals surface area contributed by atoms with Crippen molar-refractivity contribution in [2.24, 2.45) is 5.92 Å². The number of rotatable bonds is 6. The highest BCUT2D eigenvalue weighted by Gasteiger charge is 2.30. The van der Waals surface area contributed by atoms with Crippen LogP contribution in [-0.4, -0.2) is 46.2 Å². The summed E-state index contributed by atoms with van der Waals surface area (Å²) in [6.07, 6.45) is 6.08. The summed E-state index contributed by atoms with van der Waals surface area (Å²) >= 11 is 0. The standard InChI is InChI=1S/C26H34N4/c1-6-22-7-9-23(10-8-22)18-28-12-11-24-13-25(14-27-26(24)28)29-16-20(4)30(15-19(2)3)21(5)17-29/h6-14,19-21H,1,15-18H2,2-5H3. The van der Waals surface area contributed by atoms with Crippen molar-refractivity contribution in [1.82, 2.24) is 14.5 Å². The van der Waals surface area contributed by atoms with Crippen LogP contribution in [0.25, 0.3) is 17.1 Å². The van der Waals surface area contributed by atoms with Crippen molar-refractivity contribution in [1.29, 1.82) is 0 Å². The molecule has 0 radical (unpaired) electrons. The van der Waals surface area contributed by atoms with Gasteiger partial charge in [0.25, 0.3) is 0 Å². The van der Waals surface area contributed by atoms with Crippen LogP contribution in [-0.2, 0) is 6.54 Å². The van der Waals surface area contributed by atoms with E-state index in [-0.39, 0.29) is 0 Å². The van der Waals surface area contributed by atoms with Gasteiger partial charge in [-0.3, -0.25) is 4.90 Å². The topological polar surface area (TPSA) is 24.3 Å². The van der Waals surface area contributed by atoms with Gasteiger partial charge in [0.15, 0.2) is 0 Å². The first-order chi connectivity index (χ1) is 14.4. The molecule has 1 aromatic carbocycles. The first-order valence-electron chi connectivity index (χ1n) is 11.1. The van der Waals surface area contributed by atoms with Crippen molar-refractivity contribution >= 4 is 22.8 Å².